The van der Waals surface area contributed by atoms with Gasteiger partial charge < -0.3 is 14.2 Å². The monoisotopic (exact) mass is 420 g/mol. The predicted octanol–water partition coefficient (Wildman–Crippen LogP) is 3.29. The van der Waals surface area contributed by atoms with E-state index >= 15 is 0 Å². The summed E-state index contributed by atoms with van der Waals surface area (Å²) in [6, 6.07) is 21.7. The van der Waals surface area contributed by atoms with E-state index in [9.17, 15) is 9.59 Å². The summed E-state index contributed by atoms with van der Waals surface area (Å²) in [5.41, 5.74) is 6.93. The van der Waals surface area contributed by atoms with Gasteiger partial charge in [-0.15, -0.1) is 0 Å². The summed E-state index contributed by atoms with van der Waals surface area (Å²) in [4.78, 5) is 24.4. The molecule has 0 fully saturated rings. The molecule has 0 heterocycles. The Bertz CT molecular complexity index is 1020. The molecule has 3 rings (SSSR count). The Kier molecular flexibility index (Phi) is 7.48. The van der Waals surface area contributed by atoms with E-state index < -0.39 is 5.91 Å². The zero-order chi connectivity index (χ0) is 22.1. The number of carbonyl (C=O) groups excluding carboxylic acids is 2. The number of benzene rings is 3. The maximum atomic E-state index is 12.3. The maximum Gasteiger partial charge on any atom is 0.269 e. The first-order valence-corrected chi connectivity index (χ1v) is 9.66. The molecule has 7 nitrogen and oxygen atoms in total. The number of nitrogens with one attached hydrogen (secondary N) is 2. The van der Waals surface area contributed by atoms with Crippen molar-refractivity contribution in [3.63, 3.8) is 0 Å². The van der Waals surface area contributed by atoms with Crippen LogP contribution < -0.4 is 25.1 Å². The van der Waals surface area contributed by atoms with Gasteiger partial charge in [-0.25, -0.2) is 0 Å². The summed E-state index contributed by atoms with van der Waals surface area (Å²) in [6.45, 7) is 0.397. The van der Waals surface area contributed by atoms with Crippen molar-refractivity contribution >= 4 is 11.8 Å². The quantitative estimate of drug-likeness (QED) is 0.546. The molecule has 2 N–H and O–H groups in total. The Balaban J connectivity index is 1.48. The zero-order valence-electron chi connectivity index (χ0n) is 17.4. The van der Waals surface area contributed by atoms with E-state index in [1.54, 1.807) is 37.4 Å². The molecule has 0 aliphatic carbocycles. The minimum atomic E-state index is -0.406. The van der Waals surface area contributed by atoms with Gasteiger partial charge in [0.05, 0.1) is 20.6 Å². The highest BCUT2D eigenvalue weighted by atomic mass is 16.5. The van der Waals surface area contributed by atoms with Gasteiger partial charge in [0, 0.05) is 5.56 Å². The summed E-state index contributed by atoms with van der Waals surface area (Å²) >= 11 is 0. The molecule has 3 aromatic carbocycles. The van der Waals surface area contributed by atoms with Crippen LogP contribution in [0.2, 0.25) is 0 Å². The van der Waals surface area contributed by atoms with Crippen LogP contribution in [0.5, 0.6) is 17.2 Å². The topological polar surface area (TPSA) is 85.9 Å². The molecule has 0 bridgehead atoms. The number of hydrazine groups is 1. The van der Waals surface area contributed by atoms with E-state index in [1.165, 1.54) is 7.11 Å². The van der Waals surface area contributed by atoms with E-state index in [1.807, 2.05) is 42.5 Å². The molecule has 0 spiro atoms. The minimum absolute atomic E-state index is 0.0798. The Labute approximate surface area is 180 Å². The second-order valence-electron chi connectivity index (χ2n) is 6.67. The molecule has 2 amide bonds. The molecule has 0 saturated carbocycles. The maximum absolute atomic E-state index is 12.3. The van der Waals surface area contributed by atoms with Crippen LogP contribution >= 0.6 is 0 Å². The van der Waals surface area contributed by atoms with E-state index in [0.717, 1.165) is 16.9 Å². The van der Waals surface area contributed by atoms with Gasteiger partial charge in [-0.1, -0.05) is 36.4 Å². The van der Waals surface area contributed by atoms with E-state index in [-0.39, 0.29) is 12.3 Å². The van der Waals surface area contributed by atoms with Crippen molar-refractivity contribution in [2.24, 2.45) is 0 Å². The fourth-order valence-corrected chi connectivity index (χ4v) is 2.85. The number of methoxy groups -OCH3 is 2. The van der Waals surface area contributed by atoms with Crippen molar-refractivity contribution in [1.29, 1.82) is 0 Å². The Morgan fingerprint density at radius 3 is 2.13 bits per heavy atom. The van der Waals surface area contributed by atoms with Crippen LogP contribution in [0.4, 0.5) is 0 Å². The summed E-state index contributed by atoms with van der Waals surface area (Å²) in [7, 11) is 3.07. The molecule has 31 heavy (non-hydrogen) atoms. The van der Waals surface area contributed by atoms with Crippen molar-refractivity contribution in [2.75, 3.05) is 14.2 Å². The van der Waals surface area contributed by atoms with Crippen LogP contribution in [0.15, 0.2) is 72.8 Å². The van der Waals surface area contributed by atoms with Gasteiger partial charge in [-0.3, -0.25) is 20.4 Å². The van der Waals surface area contributed by atoms with Gasteiger partial charge in [0.2, 0.25) is 5.91 Å². The van der Waals surface area contributed by atoms with E-state index in [4.69, 9.17) is 14.2 Å². The highest BCUT2D eigenvalue weighted by Gasteiger charge is 2.10. The minimum Gasteiger partial charge on any atom is -0.493 e. The molecule has 3 aromatic rings. The lowest BCUT2D eigenvalue weighted by Gasteiger charge is -2.11. The molecule has 160 valence electrons. The summed E-state index contributed by atoms with van der Waals surface area (Å²) < 4.78 is 16.1. The Hall–Kier alpha value is -4.00. The third kappa shape index (κ3) is 6.24. The lowest BCUT2D eigenvalue weighted by Crippen LogP contribution is -2.42. The normalized spacial score (nSPS) is 10.1. The Morgan fingerprint density at radius 2 is 1.45 bits per heavy atom. The van der Waals surface area contributed by atoms with Crippen LogP contribution in [0.25, 0.3) is 0 Å². The number of carbonyl (C=O) groups is 2. The molecule has 7 heteroatoms. The van der Waals surface area contributed by atoms with Crippen molar-refractivity contribution < 1.29 is 23.8 Å². The van der Waals surface area contributed by atoms with Crippen molar-refractivity contribution in [3.8, 4) is 17.2 Å². The second-order valence-corrected chi connectivity index (χ2v) is 6.67. The predicted molar refractivity (Wildman–Crippen MR) is 116 cm³/mol. The fraction of sp³-hybridized carbons (Fsp3) is 0.167. The molecular weight excluding hydrogens is 396 g/mol. The van der Waals surface area contributed by atoms with Gasteiger partial charge in [-0.05, 0) is 47.5 Å². The average molecular weight is 420 g/mol. The fourth-order valence-electron chi connectivity index (χ4n) is 2.85. The van der Waals surface area contributed by atoms with Gasteiger partial charge in [-0.2, -0.15) is 0 Å². The molecule has 0 aliphatic heterocycles. The number of amides is 2. The first-order chi connectivity index (χ1) is 15.1. The molecule has 0 aromatic heterocycles. The standard InChI is InChI=1S/C24H24N2O5/c1-29-21-13-10-18(14-22(21)30-2)15-23(27)25-26-24(28)19-11-8-17(9-12-19)16-31-20-6-4-3-5-7-20/h3-14H,15-16H2,1-2H3,(H,25,27)(H,26,28). The Morgan fingerprint density at radius 1 is 0.774 bits per heavy atom. The van der Waals surface area contributed by atoms with Crippen LogP contribution in [0, 0.1) is 0 Å². The number of rotatable bonds is 8. The molecule has 0 atom stereocenters. The lowest BCUT2D eigenvalue weighted by atomic mass is 10.1. The zero-order valence-corrected chi connectivity index (χ0v) is 17.4. The first-order valence-electron chi connectivity index (χ1n) is 9.66. The van der Waals surface area contributed by atoms with Crippen molar-refractivity contribution in [3.05, 3.63) is 89.5 Å². The molecule has 0 unspecified atom stereocenters. The molecular formula is C24H24N2O5. The number of hydrogen-bond donors (Lipinski definition) is 2. The second kappa shape index (κ2) is 10.7. The third-order valence-electron chi connectivity index (χ3n) is 4.49. The molecule has 0 saturated heterocycles. The third-order valence-corrected chi connectivity index (χ3v) is 4.49. The van der Waals surface area contributed by atoms with Gasteiger partial charge >= 0.3 is 0 Å². The number of para-hydroxylation sites is 1. The largest absolute Gasteiger partial charge is 0.493 e. The van der Waals surface area contributed by atoms with Crippen molar-refractivity contribution in [1.82, 2.24) is 10.9 Å². The number of ether oxygens (including phenoxy) is 3. The highest BCUT2D eigenvalue weighted by molar-refractivity contribution is 5.95. The summed E-state index contributed by atoms with van der Waals surface area (Å²) in [5, 5.41) is 0. The summed E-state index contributed by atoms with van der Waals surface area (Å²) in [6.07, 6.45) is 0.0798. The summed E-state index contributed by atoms with van der Waals surface area (Å²) in [5.74, 6) is 1.14. The number of hydrogen-bond acceptors (Lipinski definition) is 5. The van der Waals surface area contributed by atoms with Crippen LogP contribution in [0.3, 0.4) is 0 Å². The first kappa shape index (κ1) is 21.7. The van der Waals surface area contributed by atoms with Crippen molar-refractivity contribution in [2.45, 2.75) is 13.0 Å². The average Bonchev–Trinajstić information content (AvgIpc) is 2.82. The van der Waals surface area contributed by atoms with Gasteiger partial charge in [0.25, 0.3) is 5.91 Å². The van der Waals surface area contributed by atoms with E-state index in [0.29, 0.717) is 23.7 Å². The van der Waals surface area contributed by atoms with Gasteiger partial charge in [0.15, 0.2) is 11.5 Å². The smallest absolute Gasteiger partial charge is 0.269 e. The van der Waals surface area contributed by atoms with E-state index in [2.05, 4.69) is 10.9 Å². The molecule has 0 radical (unpaired) electrons. The molecule has 0 aliphatic rings. The van der Waals surface area contributed by atoms with Crippen LogP contribution in [0.1, 0.15) is 21.5 Å². The lowest BCUT2D eigenvalue weighted by molar-refractivity contribution is -0.121. The van der Waals surface area contributed by atoms with Gasteiger partial charge in [0.1, 0.15) is 12.4 Å². The SMILES string of the molecule is COc1ccc(CC(=O)NNC(=O)c2ccc(COc3ccccc3)cc2)cc1OC. The van der Waals surface area contributed by atoms with Crippen LogP contribution in [-0.4, -0.2) is 26.0 Å². The van der Waals surface area contributed by atoms with Crippen LogP contribution in [-0.2, 0) is 17.8 Å². The highest BCUT2D eigenvalue weighted by Crippen LogP contribution is 2.27.